The fourth-order valence-corrected chi connectivity index (χ4v) is 2.33. The van der Waals surface area contributed by atoms with Crippen LogP contribution in [-0.2, 0) is 9.53 Å². The van der Waals surface area contributed by atoms with Crippen LogP contribution in [0.5, 0.6) is 0 Å². The molecule has 4 heteroatoms. The minimum Gasteiger partial charge on any atom is -0.496 e. The number of carbonyl (C=O) groups is 1. The first kappa shape index (κ1) is 9.54. The van der Waals surface area contributed by atoms with E-state index in [0.29, 0.717) is 6.42 Å². The van der Waals surface area contributed by atoms with Gasteiger partial charge in [0.15, 0.2) is 5.78 Å². The van der Waals surface area contributed by atoms with Gasteiger partial charge in [-0.3, -0.25) is 4.79 Å². The number of nitriles is 1. The molecule has 1 saturated carbocycles. The van der Waals surface area contributed by atoms with Crippen molar-refractivity contribution in [3.05, 3.63) is 11.8 Å². The topological polar surface area (TPSA) is 50.1 Å². The highest BCUT2D eigenvalue weighted by Gasteiger charge is 2.39. The highest BCUT2D eigenvalue weighted by atomic mass is 35.5. The molecule has 14 heavy (non-hydrogen) atoms. The van der Waals surface area contributed by atoms with Crippen molar-refractivity contribution in [1.29, 1.82) is 5.26 Å². The Hall–Kier alpha value is -1.01. The van der Waals surface area contributed by atoms with Crippen LogP contribution in [0.3, 0.4) is 0 Å². The molecule has 2 rings (SSSR count). The largest absolute Gasteiger partial charge is 0.496 e. The third-order valence-electron chi connectivity index (χ3n) is 2.81. The Balaban J connectivity index is 2.19. The predicted octanol–water partition coefficient (Wildman–Crippen LogP) is 1.77. The lowest BCUT2D eigenvalue weighted by Crippen LogP contribution is -2.39. The number of hydrogen-bond donors (Lipinski definition) is 0. The summed E-state index contributed by atoms with van der Waals surface area (Å²) in [4.78, 5) is 11.7. The molecule has 1 aliphatic carbocycles. The molecule has 1 aliphatic heterocycles. The van der Waals surface area contributed by atoms with Crippen LogP contribution in [0.4, 0.5) is 0 Å². The number of halogens is 1. The smallest absolute Gasteiger partial charge is 0.183 e. The zero-order valence-electron chi connectivity index (χ0n) is 7.57. The van der Waals surface area contributed by atoms with E-state index in [9.17, 15) is 4.79 Å². The van der Waals surface area contributed by atoms with E-state index in [2.05, 4.69) is 0 Å². The van der Waals surface area contributed by atoms with E-state index in [0.717, 1.165) is 12.8 Å². The maximum atomic E-state index is 11.7. The van der Waals surface area contributed by atoms with Crippen molar-refractivity contribution in [2.24, 2.45) is 5.92 Å². The van der Waals surface area contributed by atoms with Crippen LogP contribution in [0.15, 0.2) is 11.8 Å². The van der Waals surface area contributed by atoms with E-state index in [1.807, 2.05) is 6.07 Å². The predicted molar refractivity (Wildman–Crippen MR) is 50.6 cm³/mol. The lowest BCUT2D eigenvalue weighted by atomic mass is 9.80. The quantitative estimate of drug-likeness (QED) is 0.574. The van der Waals surface area contributed by atoms with Crippen molar-refractivity contribution in [2.45, 2.75) is 30.7 Å². The Labute approximate surface area is 87.3 Å². The maximum absolute atomic E-state index is 11.7. The second kappa shape index (κ2) is 3.62. The molecule has 1 fully saturated rings. The Morgan fingerprint density at radius 3 is 3.07 bits per heavy atom. The van der Waals surface area contributed by atoms with E-state index < -0.39 is 0 Å². The number of rotatable bonds is 0. The van der Waals surface area contributed by atoms with Crippen LogP contribution >= 0.6 is 11.6 Å². The summed E-state index contributed by atoms with van der Waals surface area (Å²) in [6.07, 6.45) is 3.43. The number of nitrogens with zero attached hydrogens (tertiary/aromatic N) is 1. The van der Waals surface area contributed by atoms with Crippen molar-refractivity contribution >= 4 is 17.4 Å². The summed E-state index contributed by atoms with van der Waals surface area (Å²) < 4.78 is 5.34. The third kappa shape index (κ3) is 1.51. The Kier molecular flexibility index (Phi) is 2.47. The van der Waals surface area contributed by atoms with E-state index >= 15 is 0 Å². The Bertz CT molecular complexity index is 332. The van der Waals surface area contributed by atoms with E-state index in [1.165, 1.54) is 6.26 Å². The first-order valence-corrected chi connectivity index (χ1v) is 5.10. The minimum absolute atomic E-state index is 0.0766. The molecule has 0 bridgehead atoms. The summed E-state index contributed by atoms with van der Waals surface area (Å²) in [6, 6.07) is 1.85. The van der Waals surface area contributed by atoms with Gasteiger partial charge in [-0.1, -0.05) is 0 Å². The van der Waals surface area contributed by atoms with Crippen molar-refractivity contribution in [2.75, 3.05) is 0 Å². The van der Waals surface area contributed by atoms with Gasteiger partial charge in [0.1, 0.15) is 24.0 Å². The van der Waals surface area contributed by atoms with E-state index in [1.54, 1.807) is 0 Å². The second-order valence-electron chi connectivity index (χ2n) is 3.70. The molecule has 0 aromatic carbocycles. The number of Topliss-reactive ketones (excluding diaryl/α,β-unsaturated/α-hetero) is 1. The molecule has 0 aromatic rings. The summed E-state index contributed by atoms with van der Waals surface area (Å²) >= 11 is 5.98. The Morgan fingerprint density at radius 1 is 1.57 bits per heavy atom. The van der Waals surface area contributed by atoms with Crippen molar-refractivity contribution in [1.82, 2.24) is 0 Å². The van der Waals surface area contributed by atoms with Crippen molar-refractivity contribution in [3.63, 3.8) is 0 Å². The van der Waals surface area contributed by atoms with Crippen LogP contribution in [0.2, 0.25) is 0 Å². The zero-order chi connectivity index (χ0) is 10.1. The average molecular weight is 212 g/mol. The van der Waals surface area contributed by atoms with Crippen LogP contribution in [-0.4, -0.2) is 17.3 Å². The van der Waals surface area contributed by atoms with Gasteiger partial charge in [-0.05, 0) is 12.8 Å². The first-order valence-electron chi connectivity index (χ1n) is 4.66. The summed E-state index contributed by atoms with van der Waals surface area (Å²) in [6.45, 7) is 0. The van der Waals surface area contributed by atoms with E-state index in [-0.39, 0.29) is 28.8 Å². The summed E-state index contributed by atoms with van der Waals surface area (Å²) in [7, 11) is 0. The number of carbonyl (C=O) groups excluding carboxylic acids is 1. The molecule has 0 N–H and O–H groups in total. The number of allylic oxidation sites excluding steroid dienone is 1. The molecule has 1 heterocycles. The van der Waals surface area contributed by atoms with Gasteiger partial charge < -0.3 is 4.74 Å². The molecular weight excluding hydrogens is 202 g/mol. The summed E-state index contributed by atoms with van der Waals surface area (Å²) in [5, 5.41) is 8.76. The van der Waals surface area contributed by atoms with Crippen molar-refractivity contribution in [3.8, 4) is 6.07 Å². The molecule has 2 aliphatic rings. The van der Waals surface area contributed by atoms with Crippen LogP contribution < -0.4 is 0 Å². The molecule has 0 radical (unpaired) electrons. The zero-order valence-corrected chi connectivity index (χ0v) is 8.33. The third-order valence-corrected chi connectivity index (χ3v) is 3.21. The highest BCUT2D eigenvalue weighted by Crippen LogP contribution is 2.34. The van der Waals surface area contributed by atoms with Gasteiger partial charge in [-0.25, -0.2) is 0 Å². The monoisotopic (exact) mass is 211 g/mol. The first-order chi connectivity index (χ1) is 6.72. The number of ketones is 1. The van der Waals surface area contributed by atoms with Gasteiger partial charge >= 0.3 is 0 Å². The summed E-state index contributed by atoms with van der Waals surface area (Å²) in [5.41, 5.74) is 0.138. The molecule has 3 atom stereocenters. The molecule has 0 spiro atoms. The highest BCUT2D eigenvalue weighted by molar-refractivity contribution is 6.20. The number of fused-ring (bicyclic) bond motifs is 1. The number of hydrogen-bond acceptors (Lipinski definition) is 3. The normalized spacial score (nSPS) is 36.4. The van der Waals surface area contributed by atoms with Gasteiger partial charge in [0, 0.05) is 11.8 Å². The maximum Gasteiger partial charge on any atom is 0.183 e. The second-order valence-corrected chi connectivity index (χ2v) is 4.32. The van der Waals surface area contributed by atoms with Gasteiger partial charge in [0.2, 0.25) is 0 Å². The van der Waals surface area contributed by atoms with Gasteiger partial charge in [0.05, 0.1) is 5.92 Å². The summed E-state index contributed by atoms with van der Waals surface area (Å²) in [5.74, 6) is -0.225. The van der Waals surface area contributed by atoms with Crippen molar-refractivity contribution < 1.29 is 9.53 Å². The van der Waals surface area contributed by atoms with E-state index in [4.69, 9.17) is 21.6 Å². The van der Waals surface area contributed by atoms with Gasteiger partial charge in [-0.2, -0.15) is 5.26 Å². The SMILES string of the molecule is N#CC1=COC2CC(Cl)CCC2C1=O. The molecule has 0 aromatic heterocycles. The number of alkyl halides is 1. The Morgan fingerprint density at radius 2 is 2.36 bits per heavy atom. The minimum atomic E-state index is -0.148. The molecule has 0 amide bonds. The van der Waals surface area contributed by atoms with Gasteiger partial charge in [-0.15, -0.1) is 11.6 Å². The molecule has 0 saturated heterocycles. The van der Waals surface area contributed by atoms with Gasteiger partial charge in [0.25, 0.3) is 0 Å². The molecular formula is C10H10ClNO2. The van der Waals surface area contributed by atoms with Crippen LogP contribution in [0, 0.1) is 17.2 Å². The standard InChI is InChI=1S/C10H10ClNO2/c11-7-1-2-8-9(3-7)14-5-6(4-12)10(8)13/h5,7-9H,1-3H2. The fourth-order valence-electron chi connectivity index (χ4n) is 2.03. The lowest BCUT2D eigenvalue weighted by molar-refractivity contribution is -0.126. The average Bonchev–Trinajstić information content (AvgIpc) is 2.18. The fraction of sp³-hybridized carbons (Fsp3) is 0.600. The van der Waals surface area contributed by atoms with Crippen LogP contribution in [0.25, 0.3) is 0 Å². The molecule has 3 nitrogen and oxygen atoms in total. The lowest BCUT2D eigenvalue weighted by Gasteiger charge is -2.34. The molecule has 3 unspecified atom stereocenters. The number of ether oxygens (including phenoxy) is 1. The molecule has 74 valence electrons. The van der Waals surface area contributed by atoms with Crippen LogP contribution in [0.1, 0.15) is 19.3 Å².